The van der Waals surface area contributed by atoms with Crippen LogP contribution in [0.4, 0.5) is 0 Å². The molecule has 0 unspecified atom stereocenters. The molecular formula is C18H32N2. The van der Waals surface area contributed by atoms with Crippen molar-refractivity contribution in [3.63, 3.8) is 0 Å². The van der Waals surface area contributed by atoms with Crippen molar-refractivity contribution in [3.8, 4) is 0 Å². The van der Waals surface area contributed by atoms with Gasteiger partial charge in [-0.15, -0.1) is 0 Å². The van der Waals surface area contributed by atoms with Gasteiger partial charge >= 0.3 is 0 Å². The monoisotopic (exact) mass is 276 g/mol. The fourth-order valence-electron chi connectivity index (χ4n) is 2.60. The summed E-state index contributed by atoms with van der Waals surface area (Å²) in [5, 5.41) is 3.76. The quantitative estimate of drug-likeness (QED) is 0.558. The molecule has 1 heterocycles. The zero-order chi connectivity index (χ0) is 14.5. The van der Waals surface area contributed by atoms with Gasteiger partial charge < -0.3 is 5.32 Å². The first-order valence-corrected chi connectivity index (χ1v) is 8.49. The Labute approximate surface area is 125 Å². The van der Waals surface area contributed by atoms with E-state index >= 15 is 0 Å². The molecule has 0 atom stereocenters. The molecule has 1 aromatic heterocycles. The molecule has 0 aliphatic heterocycles. The van der Waals surface area contributed by atoms with Gasteiger partial charge in [0.1, 0.15) is 0 Å². The summed E-state index contributed by atoms with van der Waals surface area (Å²) in [6.45, 7) is 5.64. The van der Waals surface area contributed by atoms with E-state index in [0.29, 0.717) is 6.04 Å². The first-order chi connectivity index (χ1) is 9.86. The minimum atomic E-state index is 0.713. The van der Waals surface area contributed by atoms with Crippen LogP contribution < -0.4 is 5.32 Å². The number of hydrogen-bond acceptors (Lipinski definition) is 2. The van der Waals surface area contributed by atoms with E-state index in [-0.39, 0.29) is 0 Å². The lowest BCUT2D eigenvalue weighted by molar-refractivity contribution is 0.421. The van der Waals surface area contributed by atoms with E-state index in [1.165, 1.54) is 56.9 Å². The van der Waals surface area contributed by atoms with Crippen molar-refractivity contribution >= 4 is 0 Å². The third-order valence-electron chi connectivity index (χ3n) is 3.88. The predicted molar refractivity (Wildman–Crippen MR) is 88.0 cm³/mol. The topological polar surface area (TPSA) is 24.9 Å². The van der Waals surface area contributed by atoms with Gasteiger partial charge in [-0.05, 0) is 37.4 Å². The van der Waals surface area contributed by atoms with E-state index in [1.54, 1.807) is 0 Å². The van der Waals surface area contributed by atoms with Gasteiger partial charge in [0.05, 0.1) is 0 Å². The average molecular weight is 276 g/mol. The number of nitrogens with one attached hydrogen (secondary N) is 1. The highest BCUT2D eigenvalue weighted by atomic mass is 14.9. The molecule has 1 aromatic rings. The number of unbranched alkanes of at least 4 members (excludes halogenated alkanes) is 4. The predicted octanol–water partition coefficient (Wildman–Crippen LogP) is 4.74. The van der Waals surface area contributed by atoms with Crippen molar-refractivity contribution in [3.05, 3.63) is 30.1 Å². The zero-order valence-electron chi connectivity index (χ0n) is 13.4. The van der Waals surface area contributed by atoms with Crippen molar-refractivity contribution in [1.82, 2.24) is 10.3 Å². The van der Waals surface area contributed by atoms with E-state index < -0.39 is 0 Å². The van der Waals surface area contributed by atoms with Crippen molar-refractivity contribution in [1.29, 1.82) is 0 Å². The molecule has 1 rings (SSSR count). The zero-order valence-corrected chi connectivity index (χ0v) is 13.4. The van der Waals surface area contributed by atoms with Gasteiger partial charge in [-0.2, -0.15) is 0 Å². The summed E-state index contributed by atoms with van der Waals surface area (Å²) in [5.74, 6) is 0. The molecular weight excluding hydrogens is 244 g/mol. The Morgan fingerprint density at radius 1 is 1.05 bits per heavy atom. The Morgan fingerprint density at radius 2 is 1.75 bits per heavy atom. The Morgan fingerprint density at radius 3 is 2.30 bits per heavy atom. The molecule has 20 heavy (non-hydrogen) atoms. The molecule has 0 fully saturated rings. The second kappa shape index (κ2) is 11.9. The molecule has 0 saturated carbocycles. The first kappa shape index (κ1) is 17.2. The van der Waals surface area contributed by atoms with Gasteiger partial charge in [-0.3, -0.25) is 4.98 Å². The SMILES string of the molecule is CCCCCC(CCCCC)NCCc1cccnc1. The number of pyridine rings is 1. The number of nitrogens with zero attached hydrogens (tertiary/aromatic N) is 1. The molecule has 0 bridgehead atoms. The molecule has 0 saturated heterocycles. The molecule has 1 N–H and O–H groups in total. The van der Waals surface area contributed by atoms with Crippen molar-refractivity contribution in [2.45, 2.75) is 77.7 Å². The number of aromatic nitrogens is 1. The van der Waals surface area contributed by atoms with E-state index in [0.717, 1.165) is 13.0 Å². The van der Waals surface area contributed by atoms with Crippen LogP contribution >= 0.6 is 0 Å². The van der Waals surface area contributed by atoms with E-state index in [4.69, 9.17) is 0 Å². The maximum atomic E-state index is 4.18. The maximum Gasteiger partial charge on any atom is 0.0300 e. The molecule has 0 radical (unpaired) electrons. The average Bonchev–Trinajstić information content (AvgIpc) is 2.48. The van der Waals surface area contributed by atoms with E-state index in [1.807, 2.05) is 18.5 Å². The molecule has 0 amide bonds. The third kappa shape index (κ3) is 8.31. The number of hydrogen-bond donors (Lipinski definition) is 1. The Hall–Kier alpha value is -0.890. The Balaban J connectivity index is 2.23. The Kier molecular flexibility index (Phi) is 10.2. The summed E-state index contributed by atoms with van der Waals surface area (Å²) < 4.78 is 0. The van der Waals surface area contributed by atoms with Crippen molar-refractivity contribution in [2.75, 3.05) is 6.54 Å². The molecule has 114 valence electrons. The first-order valence-electron chi connectivity index (χ1n) is 8.49. The smallest absolute Gasteiger partial charge is 0.0300 e. The fraction of sp³-hybridized carbons (Fsp3) is 0.722. The van der Waals surface area contributed by atoms with Crippen LogP contribution in [0.5, 0.6) is 0 Å². The maximum absolute atomic E-state index is 4.18. The molecule has 0 aliphatic carbocycles. The van der Waals surface area contributed by atoms with Crippen LogP contribution in [0.3, 0.4) is 0 Å². The van der Waals surface area contributed by atoms with Crippen LogP contribution in [0.25, 0.3) is 0 Å². The highest BCUT2D eigenvalue weighted by molar-refractivity contribution is 5.08. The molecule has 2 heteroatoms. The van der Waals surface area contributed by atoms with E-state index in [9.17, 15) is 0 Å². The Bertz CT molecular complexity index is 300. The van der Waals surface area contributed by atoms with Gasteiger partial charge in [0.2, 0.25) is 0 Å². The summed E-state index contributed by atoms with van der Waals surface area (Å²) in [6.07, 6.45) is 15.7. The highest BCUT2D eigenvalue weighted by Gasteiger charge is 2.07. The minimum Gasteiger partial charge on any atom is -0.314 e. The summed E-state index contributed by atoms with van der Waals surface area (Å²) in [5.41, 5.74) is 1.33. The largest absolute Gasteiger partial charge is 0.314 e. The lowest BCUT2D eigenvalue weighted by Gasteiger charge is -2.18. The van der Waals surface area contributed by atoms with Crippen molar-refractivity contribution in [2.24, 2.45) is 0 Å². The molecule has 2 nitrogen and oxygen atoms in total. The summed E-state index contributed by atoms with van der Waals surface area (Å²) >= 11 is 0. The summed E-state index contributed by atoms with van der Waals surface area (Å²) in [6, 6.07) is 4.90. The normalized spacial score (nSPS) is 11.2. The fourth-order valence-corrected chi connectivity index (χ4v) is 2.60. The van der Waals surface area contributed by atoms with Gasteiger partial charge in [0.15, 0.2) is 0 Å². The second-order valence-corrected chi connectivity index (χ2v) is 5.75. The third-order valence-corrected chi connectivity index (χ3v) is 3.88. The molecule has 0 aromatic carbocycles. The summed E-state index contributed by atoms with van der Waals surface area (Å²) in [4.78, 5) is 4.18. The van der Waals surface area contributed by atoms with E-state index in [2.05, 4.69) is 30.2 Å². The van der Waals surface area contributed by atoms with Crippen LogP contribution in [0.2, 0.25) is 0 Å². The van der Waals surface area contributed by atoms with Crippen molar-refractivity contribution < 1.29 is 0 Å². The second-order valence-electron chi connectivity index (χ2n) is 5.75. The number of rotatable bonds is 12. The molecule has 0 aliphatic rings. The van der Waals surface area contributed by atoms with Gasteiger partial charge in [-0.1, -0.05) is 58.4 Å². The lowest BCUT2D eigenvalue weighted by Crippen LogP contribution is -2.31. The van der Waals surface area contributed by atoms with Gasteiger partial charge in [0, 0.05) is 18.4 Å². The lowest BCUT2D eigenvalue weighted by atomic mass is 10.0. The standard InChI is InChI=1S/C18H32N2/c1-3-5-7-11-18(12-8-6-4-2)20-15-13-17-10-9-14-19-16-17/h9-10,14,16,18,20H,3-8,11-13,15H2,1-2H3. The van der Waals surface area contributed by atoms with Crippen LogP contribution in [0, 0.1) is 0 Å². The highest BCUT2D eigenvalue weighted by Crippen LogP contribution is 2.11. The van der Waals surface area contributed by atoms with Crippen LogP contribution in [-0.2, 0) is 6.42 Å². The molecule has 0 spiro atoms. The van der Waals surface area contributed by atoms with Gasteiger partial charge in [0.25, 0.3) is 0 Å². The van der Waals surface area contributed by atoms with Crippen LogP contribution in [0.15, 0.2) is 24.5 Å². The van der Waals surface area contributed by atoms with Gasteiger partial charge in [-0.25, -0.2) is 0 Å². The minimum absolute atomic E-state index is 0.713. The van der Waals surface area contributed by atoms with Crippen LogP contribution in [0.1, 0.15) is 70.8 Å². The van der Waals surface area contributed by atoms with Crippen LogP contribution in [-0.4, -0.2) is 17.6 Å². The summed E-state index contributed by atoms with van der Waals surface area (Å²) in [7, 11) is 0.